The van der Waals surface area contributed by atoms with Crippen molar-refractivity contribution in [1.82, 2.24) is 15.2 Å². The number of aromatic nitrogens is 3. The van der Waals surface area contributed by atoms with Crippen molar-refractivity contribution >= 4 is 11.8 Å². The lowest BCUT2D eigenvalue weighted by Crippen LogP contribution is -1.84. The predicted octanol–water partition coefficient (Wildman–Crippen LogP) is 2.26. The van der Waals surface area contributed by atoms with E-state index in [2.05, 4.69) is 15.2 Å². The van der Waals surface area contributed by atoms with Gasteiger partial charge in [0.15, 0.2) is 5.82 Å². The minimum Gasteiger partial charge on any atom is -0.262 e. The van der Waals surface area contributed by atoms with Crippen molar-refractivity contribution in [2.24, 2.45) is 0 Å². The van der Waals surface area contributed by atoms with Crippen LogP contribution in [0.25, 0.3) is 11.4 Å². The van der Waals surface area contributed by atoms with Crippen LogP contribution in [0.5, 0.6) is 0 Å². The van der Waals surface area contributed by atoms with E-state index in [1.165, 1.54) is 4.90 Å². The number of rotatable bonds is 3. The molecule has 0 amide bonds. The largest absolute Gasteiger partial charge is 0.262 e. The van der Waals surface area contributed by atoms with Crippen molar-refractivity contribution in [3.05, 3.63) is 30.1 Å². The topological polar surface area (TPSA) is 65.4 Å². The van der Waals surface area contributed by atoms with Gasteiger partial charge in [0.25, 0.3) is 0 Å². The zero-order valence-corrected chi connectivity index (χ0v) is 9.58. The summed E-state index contributed by atoms with van der Waals surface area (Å²) in [5.41, 5.74) is 0.957. The predicted molar refractivity (Wildman–Crippen MR) is 62.9 cm³/mol. The zero-order chi connectivity index (χ0) is 11.4. The van der Waals surface area contributed by atoms with Gasteiger partial charge in [-0.1, -0.05) is 12.1 Å². The Morgan fingerprint density at radius 1 is 1.38 bits per heavy atom. The van der Waals surface area contributed by atoms with Crippen molar-refractivity contribution in [2.45, 2.75) is 11.3 Å². The Hall–Kier alpha value is -1.80. The minimum atomic E-state index is 0.260. The van der Waals surface area contributed by atoms with Crippen molar-refractivity contribution in [1.29, 1.82) is 5.26 Å². The normalized spacial score (nSPS) is 10.0. The summed E-state index contributed by atoms with van der Waals surface area (Å²) >= 11 is 1.69. The molecule has 0 radical (unpaired) electrons. The summed E-state index contributed by atoms with van der Waals surface area (Å²) in [5.74, 6) is 1.24. The molecule has 0 saturated carbocycles. The fourth-order valence-corrected chi connectivity index (χ4v) is 1.73. The van der Waals surface area contributed by atoms with E-state index in [4.69, 9.17) is 5.26 Å². The van der Waals surface area contributed by atoms with Crippen LogP contribution in [-0.2, 0) is 6.42 Å². The van der Waals surface area contributed by atoms with Gasteiger partial charge in [-0.3, -0.25) is 5.10 Å². The molecular formula is C11H10N4S. The molecule has 2 aromatic rings. The number of nitrogens with one attached hydrogen (secondary N) is 1. The Kier molecular flexibility index (Phi) is 3.22. The lowest BCUT2D eigenvalue weighted by Gasteiger charge is -1.97. The second-order valence-electron chi connectivity index (χ2n) is 3.17. The Morgan fingerprint density at radius 3 is 2.75 bits per heavy atom. The van der Waals surface area contributed by atoms with Gasteiger partial charge in [-0.05, 0) is 18.4 Å². The van der Waals surface area contributed by atoms with Gasteiger partial charge in [0.05, 0.1) is 12.5 Å². The number of thioether (sulfide) groups is 1. The first-order valence-electron chi connectivity index (χ1n) is 4.76. The van der Waals surface area contributed by atoms with Crippen LogP contribution in [0, 0.1) is 11.3 Å². The van der Waals surface area contributed by atoms with Gasteiger partial charge in [-0.25, -0.2) is 4.98 Å². The SMILES string of the molecule is CSc1ccc(-c2n[nH]c(CC#N)n2)cc1. The van der Waals surface area contributed by atoms with E-state index in [1.54, 1.807) is 11.8 Å². The van der Waals surface area contributed by atoms with E-state index in [1.807, 2.05) is 36.6 Å². The molecule has 16 heavy (non-hydrogen) atoms. The molecule has 0 atom stereocenters. The third-order valence-corrected chi connectivity index (χ3v) is 2.87. The van der Waals surface area contributed by atoms with Crippen molar-refractivity contribution in [3.8, 4) is 17.5 Å². The molecule has 4 nitrogen and oxygen atoms in total. The van der Waals surface area contributed by atoms with Gasteiger partial charge in [-0.2, -0.15) is 10.4 Å². The minimum absolute atomic E-state index is 0.260. The standard InChI is InChI=1S/C11H10N4S/c1-16-9-4-2-8(3-5-9)11-13-10(6-7-12)14-15-11/h2-5H,6H2,1H3,(H,13,14,15). The molecule has 1 aromatic carbocycles. The lowest BCUT2D eigenvalue weighted by molar-refractivity contribution is 0.996. The van der Waals surface area contributed by atoms with Crippen LogP contribution >= 0.6 is 11.8 Å². The van der Waals surface area contributed by atoms with Crippen LogP contribution in [0.2, 0.25) is 0 Å². The molecule has 0 unspecified atom stereocenters. The molecule has 1 aromatic heterocycles. The van der Waals surface area contributed by atoms with E-state index in [0.717, 1.165) is 5.56 Å². The molecule has 5 heteroatoms. The Morgan fingerprint density at radius 2 is 2.12 bits per heavy atom. The summed E-state index contributed by atoms with van der Waals surface area (Å²) < 4.78 is 0. The summed E-state index contributed by atoms with van der Waals surface area (Å²) in [6.07, 6.45) is 2.29. The molecule has 0 saturated heterocycles. The fraction of sp³-hybridized carbons (Fsp3) is 0.182. The molecule has 1 heterocycles. The molecule has 0 fully saturated rings. The first-order chi connectivity index (χ1) is 7.83. The summed E-state index contributed by atoms with van der Waals surface area (Å²) in [6.45, 7) is 0. The van der Waals surface area contributed by atoms with Crippen molar-refractivity contribution in [3.63, 3.8) is 0 Å². The quantitative estimate of drug-likeness (QED) is 0.821. The molecule has 2 rings (SSSR count). The summed E-state index contributed by atoms with van der Waals surface area (Å²) in [6, 6.07) is 10.0. The van der Waals surface area contributed by atoms with Gasteiger partial charge < -0.3 is 0 Å². The average molecular weight is 230 g/mol. The number of hydrogen-bond donors (Lipinski definition) is 1. The van der Waals surface area contributed by atoms with Crippen LogP contribution < -0.4 is 0 Å². The summed E-state index contributed by atoms with van der Waals surface area (Å²) in [4.78, 5) is 5.43. The number of benzene rings is 1. The number of H-pyrrole nitrogens is 1. The molecule has 0 aliphatic carbocycles. The van der Waals surface area contributed by atoms with Crippen LogP contribution in [0.15, 0.2) is 29.2 Å². The second kappa shape index (κ2) is 4.81. The maximum Gasteiger partial charge on any atom is 0.181 e. The maximum atomic E-state index is 8.53. The summed E-state index contributed by atoms with van der Waals surface area (Å²) in [7, 11) is 0. The van der Waals surface area contributed by atoms with Gasteiger partial charge in [-0.15, -0.1) is 11.8 Å². The highest BCUT2D eigenvalue weighted by Crippen LogP contribution is 2.20. The third-order valence-electron chi connectivity index (χ3n) is 2.13. The molecule has 0 bridgehead atoms. The number of aromatic amines is 1. The Balaban J connectivity index is 2.25. The van der Waals surface area contributed by atoms with Crippen molar-refractivity contribution in [2.75, 3.05) is 6.26 Å². The van der Waals surface area contributed by atoms with E-state index in [0.29, 0.717) is 11.6 Å². The highest BCUT2D eigenvalue weighted by molar-refractivity contribution is 7.98. The highest BCUT2D eigenvalue weighted by atomic mass is 32.2. The van der Waals surface area contributed by atoms with E-state index in [9.17, 15) is 0 Å². The lowest BCUT2D eigenvalue weighted by atomic mass is 10.2. The maximum absolute atomic E-state index is 8.53. The number of hydrogen-bond acceptors (Lipinski definition) is 4. The Bertz CT molecular complexity index is 510. The van der Waals surface area contributed by atoms with Gasteiger partial charge in [0.1, 0.15) is 5.82 Å². The van der Waals surface area contributed by atoms with E-state index < -0.39 is 0 Å². The summed E-state index contributed by atoms with van der Waals surface area (Å²) in [5, 5.41) is 15.3. The number of nitriles is 1. The number of nitrogens with zero attached hydrogens (tertiary/aromatic N) is 3. The second-order valence-corrected chi connectivity index (χ2v) is 4.05. The van der Waals surface area contributed by atoms with Gasteiger partial charge >= 0.3 is 0 Å². The molecular weight excluding hydrogens is 220 g/mol. The molecule has 0 aliphatic rings. The first-order valence-corrected chi connectivity index (χ1v) is 5.98. The van der Waals surface area contributed by atoms with Gasteiger partial charge in [0.2, 0.25) is 0 Å². The van der Waals surface area contributed by atoms with Gasteiger partial charge in [0, 0.05) is 10.5 Å². The van der Waals surface area contributed by atoms with Crippen LogP contribution in [0.4, 0.5) is 0 Å². The van der Waals surface area contributed by atoms with Crippen LogP contribution in [0.1, 0.15) is 5.82 Å². The van der Waals surface area contributed by atoms with E-state index >= 15 is 0 Å². The molecule has 0 spiro atoms. The third kappa shape index (κ3) is 2.23. The smallest absolute Gasteiger partial charge is 0.181 e. The Labute approximate surface area is 97.7 Å². The highest BCUT2D eigenvalue weighted by Gasteiger charge is 2.05. The average Bonchev–Trinajstić information content (AvgIpc) is 2.78. The molecule has 80 valence electrons. The van der Waals surface area contributed by atoms with Crippen molar-refractivity contribution < 1.29 is 0 Å². The monoisotopic (exact) mass is 230 g/mol. The fourth-order valence-electron chi connectivity index (χ4n) is 1.32. The van der Waals surface area contributed by atoms with Crippen LogP contribution in [-0.4, -0.2) is 21.4 Å². The molecule has 1 N–H and O–H groups in total. The first kappa shape index (κ1) is 10.7. The molecule has 0 aliphatic heterocycles. The van der Waals surface area contributed by atoms with Crippen LogP contribution in [0.3, 0.4) is 0 Å². The van der Waals surface area contributed by atoms with E-state index in [-0.39, 0.29) is 6.42 Å². The zero-order valence-electron chi connectivity index (χ0n) is 8.77.